The average Bonchev–Trinajstić information content (AvgIpc) is 3.07. The molecule has 1 saturated carbocycles. The van der Waals surface area contributed by atoms with Crippen molar-refractivity contribution in [3.05, 3.63) is 35.4 Å². The van der Waals surface area contributed by atoms with Gasteiger partial charge < -0.3 is 14.9 Å². The van der Waals surface area contributed by atoms with Crippen LogP contribution in [0.4, 0.5) is 0 Å². The molecule has 1 fully saturated rings. The molecule has 0 aliphatic heterocycles. The number of methoxy groups -OCH3 is 1. The number of hydrogen-bond acceptors (Lipinski definition) is 3. The summed E-state index contributed by atoms with van der Waals surface area (Å²) in [6.45, 7) is 0.447. The van der Waals surface area contributed by atoms with E-state index in [1.807, 2.05) is 0 Å². The van der Waals surface area contributed by atoms with Crippen LogP contribution < -0.4 is 0 Å². The van der Waals surface area contributed by atoms with Crippen LogP contribution in [0.5, 0.6) is 0 Å². The predicted molar refractivity (Wildman–Crippen MR) is 62.2 cm³/mol. The molecule has 1 aromatic rings. The van der Waals surface area contributed by atoms with E-state index < -0.39 is 23.3 Å². The third-order valence-electron chi connectivity index (χ3n) is 3.42. The number of ether oxygens (including phenoxy) is 1. The van der Waals surface area contributed by atoms with E-state index in [2.05, 4.69) is 0 Å². The van der Waals surface area contributed by atoms with Gasteiger partial charge in [-0.2, -0.15) is 0 Å². The SMILES string of the molecule is COCc1ccc([C@@]2(C(=O)O)C[C@@H]2C(=O)O)cc1. The largest absolute Gasteiger partial charge is 0.481 e. The van der Waals surface area contributed by atoms with Crippen LogP contribution in [0.3, 0.4) is 0 Å². The summed E-state index contributed by atoms with van der Waals surface area (Å²) in [4.78, 5) is 22.3. The summed E-state index contributed by atoms with van der Waals surface area (Å²) in [6.07, 6.45) is 0.154. The molecule has 0 unspecified atom stereocenters. The molecule has 2 atom stereocenters. The summed E-state index contributed by atoms with van der Waals surface area (Å²) < 4.78 is 4.97. The zero-order chi connectivity index (χ0) is 13.3. The highest BCUT2D eigenvalue weighted by Crippen LogP contribution is 2.54. The summed E-state index contributed by atoms with van der Waals surface area (Å²) in [5, 5.41) is 18.2. The standard InChI is InChI=1S/C13H14O5/c1-18-7-8-2-4-9(5-3-8)13(12(16)17)6-10(13)11(14)15/h2-5,10H,6-7H2,1H3,(H,14,15)(H,16,17)/t10-,13+/m1/s1. The third kappa shape index (κ3) is 1.86. The van der Waals surface area contributed by atoms with Crippen molar-refractivity contribution in [1.29, 1.82) is 0 Å². The summed E-state index contributed by atoms with van der Waals surface area (Å²) >= 11 is 0. The second-order valence-corrected chi connectivity index (χ2v) is 4.50. The smallest absolute Gasteiger partial charge is 0.315 e. The lowest BCUT2D eigenvalue weighted by molar-refractivity contribution is -0.145. The monoisotopic (exact) mass is 250 g/mol. The lowest BCUT2D eigenvalue weighted by Gasteiger charge is -2.12. The minimum absolute atomic E-state index is 0.154. The maximum absolute atomic E-state index is 11.3. The highest BCUT2D eigenvalue weighted by Gasteiger charge is 2.65. The normalized spacial score (nSPS) is 25.7. The van der Waals surface area contributed by atoms with E-state index in [0.717, 1.165) is 5.56 Å². The number of rotatable bonds is 5. The van der Waals surface area contributed by atoms with Crippen molar-refractivity contribution in [3.8, 4) is 0 Å². The van der Waals surface area contributed by atoms with Crippen LogP contribution in [0, 0.1) is 5.92 Å². The van der Waals surface area contributed by atoms with E-state index in [0.29, 0.717) is 12.2 Å². The first-order chi connectivity index (χ1) is 8.52. The lowest BCUT2D eigenvalue weighted by atomic mass is 9.92. The Morgan fingerprint density at radius 2 is 1.94 bits per heavy atom. The van der Waals surface area contributed by atoms with Crippen LogP contribution in [0.15, 0.2) is 24.3 Å². The van der Waals surface area contributed by atoms with Gasteiger partial charge >= 0.3 is 11.9 Å². The fourth-order valence-electron chi connectivity index (χ4n) is 2.31. The molecule has 5 nitrogen and oxygen atoms in total. The average molecular weight is 250 g/mol. The molecular weight excluding hydrogens is 236 g/mol. The Balaban J connectivity index is 2.29. The first-order valence-electron chi connectivity index (χ1n) is 5.57. The molecule has 0 aromatic heterocycles. The fraction of sp³-hybridized carbons (Fsp3) is 0.385. The lowest BCUT2D eigenvalue weighted by Crippen LogP contribution is -2.25. The molecule has 2 rings (SSSR count). The van der Waals surface area contributed by atoms with Gasteiger partial charge in [0.15, 0.2) is 0 Å². The third-order valence-corrected chi connectivity index (χ3v) is 3.42. The topological polar surface area (TPSA) is 83.8 Å². The van der Waals surface area contributed by atoms with Crippen molar-refractivity contribution in [1.82, 2.24) is 0 Å². The molecule has 0 saturated heterocycles. The Morgan fingerprint density at radius 3 is 2.33 bits per heavy atom. The molecule has 1 aliphatic carbocycles. The molecule has 1 aliphatic rings. The Bertz CT molecular complexity index is 479. The van der Waals surface area contributed by atoms with Gasteiger partial charge in [-0.25, -0.2) is 0 Å². The zero-order valence-corrected chi connectivity index (χ0v) is 9.92. The summed E-state index contributed by atoms with van der Waals surface area (Å²) in [6, 6.07) is 6.87. The van der Waals surface area contributed by atoms with Gasteiger partial charge in [-0.1, -0.05) is 24.3 Å². The molecule has 0 radical (unpaired) electrons. The molecule has 0 amide bonds. The van der Waals surface area contributed by atoms with Gasteiger partial charge in [-0.05, 0) is 17.5 Å². The number of benzene rings is 1. The Kier molecular flexibility index (Phi) is 3.09. The van der Waals surface area contributed by atoms with Crippen molar-refractivity contribution in [2.45, 2.75) is 18.4 Å². The number of aliphatic carboxylic acids is 2. The fourth-order valence-corrected chi connectivity index (χ4v) is 2.31. The van der Waals surface area contributed by atoms with Crippen LogP contribution in [-0.4, -0.2) is 29.3 Å². The first-order valence-corrected chi connectivity index (χ1v) is 5.57. The number of carboxylic acids is 2. The first kappa shape index (κ1) is 12.6. The molecular formula is C13H14O5. The second kappa shape index (κ2) is 4.42. The van der Waals surface area contributed by atoms with Crippen molar-refractivity contribution >= 4 is 11.9 Å². The van der Waals surface area contributed by atoms with Gasteiger partial charge in [0.1, 0.15) is 5.41 Å². The van der Waals surface area contributed by atoms with E-state index in [9.17, 15) is 14.7 Å². The maximum Gasteiger partial charge on any atom is 0.315 e. The number of hydrogen-bond donors (Lipinski definition) is 2. The predicted octanol–water partition coefficient (Wildman–Crippen LogP) is 1.26. The highest BCUT2D eigenvalue weighted by atomic mass is 16.5. The van der Waals surface area contributed by atoms with Crippen LogP contribution in [0.2, 0.25) is 0 Å². The Labute approximate surface area is 104 Å². The van der Waals surface area contributed by atoms with Gasteiger partial charge in [0, 0.05) is 7.11 Å². The molecule has 0 heterocycles. The summed E-state index contributed by atoms with van der Waals surface area (Å²) in [5.74, 6) is -2.96. The van der Waals surface area contributed by atoms with E-state index in [-0.39, 0.29) is 6.42 Å². The van der Waals surface area contributed by atoms with Gasteiger partial charge in [0.2, 0.25) is 0 Å². The summed E-state index contributed by atoms with van der Waals surface area (Å²) in [7, 11) is 1.58. The van der Waals surface area contributed by atoms with Gasteiger partial charge in [0.25, 0.3) is 0 Å². The van der Waals surface area contributed by atoms with Crippen molar-refractivity contribution in [2.75, 3.05) is 7.11 Å². The van der Waals surface area contributed by atoms with Gasteiger partial charge in [0.05, 0.1) is 12.5 Å². The van der Waals surface area contributed by atoms with E-state index >= 15 is 0 Å². The Morgan fingerprint density at radius 1 is 1.33 bits per heavy atom. The van der Waals surface area contributed by atoms with Crippen LogP contribution in [-0.2, 0) is 26.3 Å². The molecule has 0 bridgehead atoms. The van der Waals surface area contributed by atoms with Crippen LogP contribution >= 0.6 is 0 Å². The summed E-state index contributed by atoms with van der Waals surface area (Å²) in [5.41, 5.74) is 0.216. The molecule has 2 N–H and O–H groups in total. The molecule has 1 aromatic carbocycles. The zero-order valence-electron chi connectivity index (χ0n) is 9.92. The van der Waals surface area contributed by atoms with Crippen molar-refractivity contribution < 1.29 is 24.5 Å². The van der Waals surface area contributed by atoms with Crippen molar-refractivity contribution in [3.63, 3.8) is 0 Å². The minimum atomic E-state index is -1.25. The maximum atomic E-state index is 11.3. The highest BCUT2D eigenvalue weighted by molar-refractivity contribution is 5.94. The number of carboxylic acid groups (broad SMARTS) is 2. The molecule has 18 heavy (non-hydrogen) atoms. The van der Waals surface area contributed by atoms with E-state index in [4.69, 9.17) is 9.84 Å². The van der Waals surface area contributed by atoms with Gasteiger partial charge in [-0.3, -0.25) is 9.59 Å². The van der Waals surface area contributed by atoms with E-state index in [1.54, 1.807) is 31.4 Å². The Hall–Kier alpha value is -1.88. The van der Waals surface area contributed by atoms with Crippen LogP contribution in [0.1, 0.15) is 17.5 Å². The molecule has 0 spiro atoms. The minimum Gasteiger partial charge on any atom is -0.481 e. The molecule has 5 heteroatoms. The second-order valence-electron chi connectivity index (χ2n) is 4.50. The molecule has 96 valence electrons. The van der Waals surface area contributed by atoms with Crippen molar-refractivity contribution in [2.24, 2.45) is 5.92 Å². The quantitative estimate of drug-likeness (QED) is 0.821. The van der Waals surface area contributed by atoms with Crippen LogP contribution in [0.25, 0.3) is 0 Å². The van der Waals surface area contributed by atoms with E-state index in [1.165, 1.54) is 0 Å². The number of carbonyl (C=O) groups is 2. The van der Waals surface area contributed by atoms with Gasteiger partial charge in [-0.15, -0.1) is 0 Å².